The highest BCUT2D eigenvalue weighted by molar-refractivity contribution is 5.41. The van der Waals surface area contributed by atoms with Crippen LogP contribution in [0.2, 0.25) is 0 Å². The van der Waals surface area contributed by atoms with Crippen LogP contribution in [0.3, 0.4) is 0 Å². The number of hydrogen-bond acceptors (Lipinski definition) is 3. The van der Waals surface area contributed by atoms with E-state index < -0.39 is 0 Å². The van der Waals surface area contributed by atoms with E-state index in [4.69, 9.17) is 10.5 Å². The molecule has 3 heteroatoms. The summed E-state index contributed by atoms with van der Waals surface area (Å²) in [5.41, 5.74) is 9.06. The fourth-order valence-electron chi connectivity index (χ4n) is 3.33. The highest BCUT2D eigenvalue weighted by atomic mass is 16.5. The Morgan fingerprint density at radius 2 is 2.17 bits per heavy atom. The second-order valence-electron chi connectivity index (χ2n) is 5.90. The van der Waals surface area contributed by atoms with Crippen LogP contribution < -0.4 is 10.5 Å². The fourth-order valence-corrected chi connectivity index (χ4v) is 3.33. The molecule has 0 bridgehead atoms. The average molecular weight is 246 g/mol. The van der Waals surface area contributed by atoms with Crippen molar-refractivity contribution in [3.05, 3.63) is 29.3 Å². The third-order valence-corrected chi connectivity index (χ3v) is 4.42. The Hall–Kier alpha value is -1.06. The van der Waals surface area contributed by atoms with Gasteiger partial charge in [0.2, 0.25) is 0 Å². The lowest BCUT2D eigenvalue weighted by Gasteiger charge is -2.32. The molecular formula is C15H22N2O. The molecule has 1 aliphatic carbocycles. The number of ether oxygens (including phenoxy) is 1. The molecule has 3 nitrogen and oxygen atoms in total. The van der Waals surface area contributed by atoms with Crippen molar-refractivity contribution in [3.63, 3.8) is 0 Å². The van der Waals surface area contributed by atoms with Crippen molar-refractivity contribution < 1.29 is 4.74 Å². The van der Waals surface area contributed by atoms with Crippen molar-refractivity contribution >= 4 is 0 Å². The summed E-state index contributed by atoms with van der Waals surface area (Å²) in [6.45, 7) is 1.61. The SMILES string of the molecule is CN(C)C(c1ccc2c(c1)CCO2)C1(CN)CC1. The second-order valence-corrected chi connectivity index (χ2v) is 5.90. The van der Waals surface area contributed by atoms with E-state index in [1.807, 2.05) is 0 Å². The molecule has 0 amide bonds. The minimum absolute atomic E-state index is 0.303. The van der Waals surface area contributed by atoms with Gasteiger partial charge in [0.1, 0.15) is 5.75 Å². The zero-order chi connectivity index (χ0) is 12.8. The summed E-state index contributed by atoms with van der Waals surface area (Å²) in [5.74, 6) is 1.06. The van der Waals surface area contributed by atoms with Gasteiger partial charge >= 0.3 is 0 Å². The van der Waals surface area contributed by atoms with Gasteiger partial charge in [0.05, 0.1) is 6.61 Å². The Labute approximate surface area is 109 Å². The van der Waals surface area contributed by atoms with Crippen molar-refractivity contribution in [3.8, 4) is 5.75 Å². The minimum atomic E-state index is 0.303. The molecule has 3 rings (SSSR count). The van der Waals surface area contributed by atoms with E-state index in [-0.39, 0.29) is 0 Å². The highest BCUT2D eigenvalue weighted by Gasteiger charge is 2.49. The smallest absolute Gasteiger partial charge is 0.122 e. The number of nitrogens with two attached hydrogens (primary N) is 1. The number of rotatable bonds is 4. The van der Waals surface area contributed by atoms with Crippen LogP contribution in [0, 0.1) is 5.41 Å². The third kappa shape index (κ3) is 1.82. The maximum atomic E-state index is 6.01. The van der Waals surface area contributed by atoms with Gasteiger partial charge in [0, 0.05) is 17.9 Å². The predicted octanol–water partition coefficient (Wildman–Crippen LogP) is 1.96. The van der Waals surface area contributed by atoms with E-state index in [2.05, 4.69) is 37.2 Å². The Bertz CT molecular complexity index is 452. The average Bonchev–Trinajstić information content (AvgIpc) is 2.99. The maximum Gasteiger partial charge on any atom is 0.122 e. The summed E-state index contributed by atoms with van der Waals surface area (Å²) in [5, 5.41) is 0. The van der Waals surface area contributed by atoms with Crippen LogP contribution in [0.1, 0.15) is 30.0 Å². The molecule has 0 saturated heterocycles. The van der Waals surface area contributed by atoms with E-state index in [9.17, 15) is 0 Å². The quantitative estimate of drug-likeness (QED) is 0.882. The second kappa shape index (κ2) is 4.25. The van der Waals surface area contributed by atoms with Crippen molar-refractivity contribution in [2.75, 3.05) is 27.2 Å². The first-order chi connectivity index (χ1) is 8.66. The van der Waals surface area contributed by atoms with Gasteiger partial charge in [-0.15, -0.1) is 0 Å². The van der Waals surface area contributed by atoms with Crippen molar-refractivity contribution in [1.82, 2.24) is 4.90 Å². The van der Waals surface area contributed by atoms with Gasteiger partial charge in [0.25, 0.3) is 0 Å². The molecular weight excluding hydrogens is 224 g/mol. The molecule has 0 aromatic heterocycles. The minimum Gasteiger partial charge on any atom is -0.493 e. The van der Waals surface area contributed by atoms with E-state index in [1.165, 1.54) is 24.0 Å². The van der Waals surface area contributed by atoms with E-state index >= 15 is 0 Å². The molecule has 2 N–H and O–H groups in total. The number of fused-ring (bicyclic) bond motifs is 1. The van der Waals surface area contributed by atoms with Crippen LogP contribution in [0.25, 0.3) is 0 Å². The van der Waals surface area contributed by atoms with Crippen molar-refractivity contribution in [1.29, 1.82) is 0 Å². The van der Waals surface area contributed by atoms with Gasteiger partial charge in [-0.3, -0.25) is 0 Å². The monoisotopic (exact) mass is 246 g/mol. The summed E-state index contributed by atoms with van der Waals surface area (Å²) in [4.78, 5) is 2.32. The summed E-state index contributed by atoms with van der Waals surface area (Å²) >= 11 is 0. The van der Waals surface area contributed by atoms with Crippen LogP contribution in [0.15, 0.2) is 18.2 Å². The normalized spacial score (nSPS) is 21.6. The van der Waals surface area contributed by atoms with Gasteiger partial charge in [-0.2, -0.15) is 0 Å². The Morgan fingerprint density at radius 3 is 2.78 bits per heavy atom. The van der Waals surface area contributed by atoms with Gasteiger partial charge < -0.3 is 15.4 Å². The summed E-state index contributed by atoms with van der Waals surface area (Å²) < 4.78 is 5.58. The molecule has 1 fully saturated rings. The molecule has 2 aliphatic rings. The first-order valence-corrected chi connectivity index (χ1v) is 6.78. The van der Waals surface area contributed by atoms with E-state index in [0.29, 0.717) is 11.5 Å². The summed E-state index contributed by atoms with van der Waals surface area (Å²) in [6, 6.07) is 7.10. The molecule has 98 valence electrons. The van der Waals surface area contributed by atoms with Crippen LogP contribution in [0.5, 0.6) is 5.75 Å². The number of benzene rings is 1. The molecule has 1 aromatic carbocycles. The molecule has 0 spiro atoms. The third-order valence-electron chi connectivity index (χ3n) is 4.42. The summed E-state index contributed by atoms with van der Waals surface area (Å²) in [6.07, 6.45) is 3.54. The predicted molar refractivity (Wildman–Crippen MR) is 72.8 cm³/mol. The zero-order valence-electron chi connectivity index (χ0n) is 11.3. The largest absolute Gasteiger partial charge is 0.493 e. The molecule has 18 heavy (non-hydrogen) atoms. The maximum absolute atomic E-state index is 6.01. The Balaban J connectivity index is 1.96. The van der Waals surface area contributed by atoms with Gasteiger partial charge in [0.15, 0.2) is 0 Å². The van der Waals surface area contributed by atoms with E-state index in [1.54, 1.807) is 0 Å². The lowest BCUT2D eigenvalue weighted by Crippen LogP contribution is -2.33. The first kappa shape index (κ1) is 12.0. The van der Waals surface area contributed by atoms with Gasteiger partial charge in [-0.1, -0.05) is 12.1 Å². The Kier molecular flexibility index (Phi) is 2.83. The molecule has 0 radical (unpaired) electrons. The topological polar surface area (TPSA) is 38.5 Å². The van der Waals surface area contributed by atoms with Gasteiger partial charge in [-0.05, 0) is 50.7 Å². The summed E-state index contributed by atoms with van der Waals surface area (Å²) in [7, 11) is 4.31. The van der Waals surface area contributed by atoms with Crippen LogP contribution in [-0.2, 0) is 6.42 Å². The first-order valence-electron chi connectivity index (χ1n) is 6.78. The lowest BCUT2D eigenvalue weighted by atomic mass is 9.88. The molecule has 1 aliphatic heterocycles. The molecule has 1 saturated carbocycles. The van der Waals surface area contributed by atoms with Crippen LogP contribution >= 0.6 is 0 Å². The molecule has 1 aromatic rings. The number of nitrogens with zero attached hydrogens (tertiary/aromatic N) is 1. The Morgan fingerprint density at radius 1 is 1.39 bits per heavy atom. The van der Waals surface area contributed by atoms with Crippen LogP contribution in [0.4, 0.5) is 0 Å². The van der Waals surface area contributed by atoms with Crippen LogP contribution in [-0.4, -0.2) is 32.1 Å². The van der Waals surface area contributed by atoms with E-state index in [0.717, 1.165) is 25.3 Å². The lowest BCUT2D eigenvalue weighted by molar-refractivity contribution is 0.198. The molecule has 1 heterocycles. The standard InChI is InChI=1S/C15H22N2O/c1-17(2)14(15(10-16)6-7-15)12-3-4-13-11(9-12)5-8-18-13/h3-4,9,14H,5-8,10,16H2,1-2H3. The van der Waals surface area contributed by atoms with Crippen molar-refractivity contribution in [2.24, 2.45) is 11.1 Å². The molecule has 1 unspecified atom stereocenters. The highest BCUT2D eigenvalue weighted by Crippen LogP contribution is 2.56. The zero-order valence-corrected chi connectivity index (χ0v) is 11.3. The number of hydrogen-bond donors (Lipinski definition) is 1. The van der Waals surface area contributed by atoms with Crippen molar-refractivity contribution in [2.45, 2.75) is 25.3 Å². The van der Waals surface area contributed by atoms with Gasteiger partial charge in [-0.25, -0.2) is 0 Å². The molecule has 1 atom stereocenters. The fraction of sp³-hybridized carbons (Fsp3) is 0.600.